The Morgan fingerprint density at radius 1 is 1.42 bits per heavy atom. The Bertz CT molecular complexity index is 172. The number of hydrogen-bond acceptors (Lipinski definition) is 1. The lowest BCUT2D eigenvalue weighted by molar-refractivity contribution is 0.189. The maximum absolute atomic E-state index is 8.95. The van der Waals surface area contributed by atoms with E-state index in [-0.39, 0.29) is 5.41 Å². The predicted octanol–water partition coefficient (Wildman–Crippen LogP) is 3.51. The highest BCUT2D eigenvalue weighted by atomic mass is 14.4. The fourth-order valence-corrected chi connectivity index (χ4v) is 1.87. The van der Waals surface area contributed by atoms with Crippen molar-refractivity contribution in [2.75, 3.05) is 0 Å². The van der Waals surface area contributed by atoms with E-state index in [2.05, 4.69) is 19.9 Å². The van der Waals surface area contributed by atoms with E-state index in [1.165, 1.54) is 19.3 Å². The van der Waals surface area contributed by atoms with Gasteiger partial charge in [-0.2, -0.15) is 5.26 Å². The van der Waals surface area contributed by atoms with E-state index in [1.54, 1.807) is 0 Å². The minimum atomic E-state index is 0.106. The lowest BCUT2D eigenvalue weighted by Crippen LogP contribution is -2.27. The number of nitriles is 1. The van der Waals surface area contributed by atoms with Gasteiger partial charge in [-0.1, -0.05) is 33.1 Å². The van der Waals surface area contributed by atoms with Crippen LogP contribution < -0.4 is 0 Å². The van der Waals surface area contributed by atoms with Crippen molar-refractivity contribution in [3.8, 4) is 6.07 Å². The van der Waals surface area contributed by atoms with Gasteiger partial charge in [0.05, 0.1) is 11.5 Å². The Kier molecular flexibility index (Phi) is 3.14. The highest BCUT2D eigenvalue weighted by Crippen LogP contribution is 2.44. The second-order valence-electron chi connectivity index (χ2n) is 4.53. The van der Waals surface area contributed by atoms with Crippen LogP contribution in [0, 0.1) is 22.7 Å². The molecule has 12 heavy (non-hydrogen) atoms. The van der Waals surface area contributed by atoms with Crippen molar-refractivity contribution < 1.29 is 0 Å². The van der Waals surface area contributed by atoms with Gasteiger partial charge in [0, 0.05) is 0 Å². The monoisotopic (exact) mass is 165 g/mol. The van der Waals surface area contributed by atoms with E-state index in [0.717, 1.165) is 25.2 Å². The van der Waals surface area contributed by atoms with E-state index in [0.29, 0.717) is 0 Å². The van der Waals surface area contributed by atoms with Crippen LogP contribution in [0.25, 0.3) is 0 Å². The average molecular weight is 165 g/mol. The highest BCUT2D eigenvalue weighted by molar-refractivity contribution is 5.04. The predicted molar refractivity (Wildman–Crippen MR) is 50.6 cm³/mol. The van der Waals surface area contributed by atoms with Gasteiger partial charge in [-0.15, -0.1) is 0 Å². The molecule has 0 spiro atoms. The maximum Gasteiger partial charge on any atom is 0.0689 e. The normalized spacial score (nSPS) is 20.2. The molecule has 1 heteroatoms. The van der Waals surface area contributed by atoms with Gasteiger partial charge in [0.2, 0.25) is 0 Å². The van der Waals surface area contributed by atoms with E-state index < -0.39 is 0 Å². The maximum atomic E-state index is 8.95. The molecule has 1 aliphatic carbocycles. The molecule has 1 rings (SSSR count). The number of rotatable bonds is 4. The van der Waals surface area contributed by atoms with Gasteiger partial charge in [-0.25, -0.2) is 0 Å². The van der Waals surface area contributed by atoms with Crippen LogP contribution in [-0.4, -0.2) is 0 Å². The van der Waals surface area contributed by atoms with E-state index in [9.17, 15) is 0 Å². The molecular weight excluding hydrogens is 146 g/mol. The summed E-state index contributed by atoms with van der Waals surface area (Å²) in [6.07, 6.45) is 7.24. The van der Waals surface area contributed by atoms with E-state index in [4.69, 9.17) is 5.26 Å². The highest BCUT2D eigenvalue weighted by Gasteiger charge is 2.36. The van der Waals surface area contributed by atoms with Crippen LogP contribution in [0.4, 0.5) is 0 Å². The van der Waals surface area contributed by atoms with Gasteiger partial charge in [-0.3, -0.25) is 0 Å². The van der Waals surface area contributed by atoms with Crippen molar-refractivity contribution >= 4 is 0 Å². The summed E-state index contributed by atoms with van der Waals surface area (Å²) in [5, 5.41) is 8.95. The third kappa shape index (κ3) is 2.24. The molecule has 0 saturated heterocycles. The SMILES string of the molecule is CC(C)CCCC1(C#N)CCC1. The van der Waals surface area contributed by atoms with Crippen LogP contribution in [0.5, 0.6) is 0 Å². The zero-order valence-corrected chi connectivity index (χ0v) is 8.27. The molecule has 0 unspecified atom stereocenters. The molecule has 0 aromatic heterocycles. The molecular formula is C11H19N. The van der Waals surface area contributed by atoms with Crippen molar-refractivity contribution in [3.63, 3.8) is 0 Å². The third-order valence-corrected chi connectivity index (χ3v) is 2.98. The molecule has 1 saturated carbocycles. The van der Waals surface area contributed by atoms with Gasteiger partial charge < -0.3 is 0 Å². The Hall–Kier alpha value is -0.510. The number of hydrogen-bond donors (Lipinski definition) is 0. The summed E-state index contributed by atoms with van der Waals surface area (Å²) in [5.74, 6) is 0.792. The Morgan fingerprint density at radius 3 is 2.42 bits per heavy atom. The molecule has 0 amide bonds. The first-order chi connectivity index (χ1) is 5.68. The number of nitrogens with zero attached hydrogens (tertiary/aromatic N) is 1. The van der Waals surface area contributed by atoms with E-state index in [1.807, 2.05) is 0 Å². The van der Waals surface area contributed by atoms with Gasteiger partial charge in [0.15, 0.2) is 0 Å². The average Bonchev–Trinajstić information content (AvgIpc) is 1.94. The zero-order chi connectivity index (χ0) is 9.03. The summed E-state index contributed by atoms with van der Waals surface area (Å²) in [4.78, 5) is 0. The molecule has 0 N–H and O–H groups in total. The van der Waals surface area contributed by atoms with Crippen molar-refractivity contribution in [1.29, 1.82) is 5.26 Å². The van der Waals surface area contributed by atoms with Crippen molar-refractivity contribution in [3.05, 3.63) is 0 Å². The molecule has 0 aliphatic heterocycles. The largest absolute Gasteiger partial charge is 0.198 e. The second-order valence-corrected chi connectivity index (χ2v) is 4.53. The van der Waals surface area contributed by atoms with Crippen molar-refractivity contribution in [1.82, 2.24) is 0 Å². The van der Waals surface area contributed by atoms with Crippen LogP contribution >= 0.6 is 0 Å². The summed E-state index contributed by atoms with van der Waals surface area (Å²) in [7, 11) is 0. The second kappa shape index (κ2) is 3.94. The Balaban J connectivity index is 2.18. The first-order valence-electron chi connectivity index (χ1n) is 5.10. The first-order valence-corrected chi connectivity index (χ1v) is 5.10. The van der Waals surface area contributed by atoms with Crippen LogP contribution in [-0.2, 0) is 0 Å². The fourth-order valence-electron chi connectivity index (χ4n) is 1.87. The molecule has 68 valence electrons. The molecule has 1 fully saturated rings. The zero-order valence-electron chi connectivity index (χ0n) is 8.27. The summed E-state index contributed by atoms with van der Waals surface area (Å²) >= 11 is 0. The quantitative estimate of drug-likeness (QED) is 0.625. The Labute approximate surface area is 75.8 Å². The molecule has 1 nitrogen and oxygen atoms in total. The van der Waals surface area contributed by atoms with Crippen molar-refractivity contribution in [2.24, 2.45) is 11.3 Å². The van der Waals surface area contributed by atoms with Gasteiger partial charge in [-0.05, 0) is 25.2 Å². The molecule has 0 aromatic carbocycles. The standard InChI is InChI=1S/C11H19N/c1-10(2)5-3-6-11(9-12)7-4-8-11/h10H,3-8H2,1-2H3. The summed E-state index contributed by atoms with van der Waals surface area (Å²) in [6.45, 7) is 4.50. The molecule has 0 atom stereocenters. The van der Waals surface area contributed by atoms with Gasteiger partial charge in [0.1, 0.15) is 0 Å². The third-order valence-electron chi connectivity index (χ3n) is 2.98. The fraction of sp³-hybridized carbons (Fsp3) is 0.909. The van der Waals surface area contributed by atoms with Crippen molar-refractivity contribution in [2.45, 2.75) is 52.4 Å². The minimum Gasteiger partial charge on any atom is -0.198 e. The smallest absolute Gasteiger partial charge is 0.0689 e. The van der Waals surface area contributed by atoms with Gasteiger partial charge >= 0.3 is 0 Å². The molecule has 0 aromatic rings. The molecule has 0 heterocycles. The van der Waals surface area contributed by atoms with Gasteiger partial charge in [0.25, 0.3) is 0 Å². The van der Waals surface area contributed by atoms with Crippen LogP contribution in [0.3, 0.4) is 0 Å². The van der Waals surface area contributed by atoms with Crippen LogP contribution in [0.1, 0.15) is 52.4 Å². The van der Waals surface area contributed by atoms with Crippen LogP contribution in [0.2, 0.25) is 0 Å². The Morgan fingerprint density at radius 2 is 2.08 bits per heavy atom. The molecule has 0 bridgehead atoms. The van der Waals surface area contributed by atoms with Crippen LogP contribution in [0.15, 0.2) is 0 Å². The van der Waals surface area contributed by atoms with E-state index >= 15 is 0 Å². The summed E-state index contributed by atoms with van der Waals surface area (Å²) in [6, 6.07) is 2.49. The lowest BCUT2D eigenvalue weighted by Gasteiger charge is -2.35. The first kappa shape index (κ1) is 9.58. The lowest BCUT2D eigenvalue weighted by atomic mass is 9.67. The minimum absolute atomic E-state index is 0.106. The molecule has 1 aliphatic rings. The molecule has 0 radical (unpaired) electrons. The summed E-state index contributed by atoms with van der Waals surface area (Å²) in [5.41, 5.74) is 0.106. The topological polar surface area (TPSA) is 23.8 Å². The summed E-state index contributed by atoms with van der Waals surface area (Å²) < 4.78 is 0.